The van der Waals surface area contributed by atoms with Crippen molar-refractivity contribution in [3.05, 3.63) is 48.0 Å². The van der Waals surface area contributed by atoms with Crippen LogP contribution in [0.1, 0.15) is 0 Å². The van der Waals surface area contributed by atoms with Crippen LogP contribution in [0.5, 0.6) is 5.75 Å². The Hall–Kier alpha value is -2.23. The molecule has 0 bridgehead atoms. The zero-order valence-electron chi connectivity index (χ0n) is 9.58. The number of fused-ring (bicyclic) bond motifs is 2. The van der Waals surface area contributed by atoms with Gasteiger partial charge in [0.05, 0.1) is 12.6 Å². The second kappa shape index (κ2) is 3.91. The second-order valence-corrected chi connectivity index (χ2v) is 3.95. The van der Waals surface area contributed by atoms with Crippen LogP contribution in [0.2, 0.25) is 0 Å². The fraction of sp³-hybridized carbons (Fsp3) is 0.0714. The Labute approximate surface area is 102 Å². The number of pyridine rings is 1. The summed E-state index contributed by atoms with van der Waals surface area (Å²) in [5, 5.41) is 0.891. The molecule has 90 valence electrons. The van der Waals surface area contributed by atoms with E-state index in [0.29, 0.717) is 22.2 Å². The van der Waals surface area contributed by atoms with Crippen molar-refractivity contribution in [2.45, 2.75) is 0 Å². The predicted molar refractivity (Wildman–Crippen MR) is 65.7 cm³/mol. The van der Waals surface area contributed by atoms with Gasteiger partial charge in [-0.05, 0) is 24.3 Å². The van der Waals surface area contributed by atoms with Crippen LogP contribution in [0.3, 0.4) is 0 Å². The Kier molecular flexibility index (Phi) is 2.37. The molecule has 0 saturated heterocycles. The normalized spacial score (nSPS) is 11.1. The van der Waals surface area contributed by atoms with Crippen molar-refractivity contribution in [2.75, 3.05) is 7.11 Å². The topological polar surface area (TPSA) is 22.1 Å². The van der Waals surface area contributed by atoms with E-state index in [9.17, 15) is 8.78 Å². The summed E-state index contributed by atoms with van der Waals surface area (Å²) in [6.07, 6.45) is 0. The molecule has 3 aromatic rings. The Balaban J connectivity index is 2.47. The smallest absolute Gasteiger partial charge is 0.168 e. The van der Waals surface area contributed by atoms with E-state index in [0.717, 1.165) is 6.07 Å². The molecule has 0 amide bonds. The van der Waals surface area contributed by atoms with Crippen LogP contribution < -0.4 is 4.74 Å². The zero-order chi connectivity index (χ0) is 12.7. The fourth-order valence-corrected chi connectivity index (χ4v) is 2.01. The Morgan fingerprint density at radius 2 is 1.94 bits per heavy atom. The number of ether oxygens (including phenoxy) is 1. The number of hydrogen-bond donors (Lipinski definition) is 0. The van der Waals surface area contributed by atoms with Gasteiger partial charge in [-0.15, -0.1) is 0 Å². The van der Waals surface area contributed by atoms with Gasteiger partial charge >= 0.3 is 0 Å². The van der Waals surface area contributed by atoms with E-state index in [2.05, 4.69) is 4.98 Å². The molecule has 0 aliphatic carbocycles. The first kappa shape index (κ1) is 10.9. The zero-order valence-corrected chi connectivity index (χ0v) is 9.58. The summed E-state index contributed by atoms with van der Waals surface area (Å²) in [6, 6.07) is 9.46. The fourth-order valence-electron chi connectivity index (χ4n) is 2.01. The highest BCUT2D eigenvalue weighted by Crippen LogP contribution is 2.28. The molecule has 1 aromatic heterocycles. The molecule has 3 rings (SSSR count). The average molecular weight is 245 g/mol. The SMILES string of the molecule is COc1cccc2cc3c(F)c(F)ccc3nc12. The lowest BCUT2D eigenvalue weighted by Gasteiger charge is -2.06. The number of halogens is 2. The molecule has 2 aromatic carbocycles. The van der Waals surface area contributed by atoms with Crippen molar-refractivity contribution < 1.29 is 13.5 Å². The number of aromatic nitrogens is 1. The van der Waals surface area contributed by atoms with Crippen LogP contribution in [0.25, 0.3) is 21.8 Å². The molecule has 0 N–H and O–H groups in total. The Bertz CT molecular complexity index is 755. The molecule has 1 heterocycles. The molecule has 0 atom stereocenters. The minimum Gasteiger partial charge on any atom is -0.494 e. The van der Waals surface area contributed by atoms with Crippen LogP contribution in [0.4, 0.5) is 8.78 Å². The maximum atomic E-state index is 13.7. The standard InChI is InChI=1S/C14H9F2NO/c1-18-12-4-2-3-8-7-9-11(17-14(8)12)6-5-10(15)13(9)16/h2-7H,1H3. The Morgan fingerprint density at radius 1 is 1.11 bits per heavy atom. The molecule has 0 aliphatic heterocycles. The van der Waals surface area contributed by atoms with Crippen LogP contribution in [0.15, 0.2) is 36.4 Å². The van der Waals surface area contributed by atoms with Crippen molar-refractivity contribution in [1.29, 1.82) is 0 Å². The molecule has 0 saturated carbocycles. The highest BCUT2D eigenvalue weighted by molar-refractivity contribution is 5.95. The lowest BCUT2D eigenvalue weighted by molar-refractivity contribution is 0.419. The third-order valence-electron chi connectivity index (χ3n) is 2.89. The van der Waals surface area contributed by atoms with Gasteiger partial charge in [0.15, 0.2) is 11.6 Å². The lowest BCUT2D eigenvalue weighted by atomic mass is 10.1. The lowest BCUT2D eigenvalue weighted by Crippen LogP contribution is -1.92. The van der Waals surface area contributed by atoms with E-state index in [1.807, 2.05) is 0 Å². The van der Waals surface area contributed by atoms with E-state index in [1.165, 1.54) is 6.07 Å². The van der Waals surface area contributed by atoms with E-state index in [4.69, 9.17) is 4.74 Å². The van der Waals surface area contributed by atoms with Crippen molar-refractivity contribution in [3.8, 4) is 5.75 Å². The first-order chi connectivity index (χ1) is 8.70. The van der Waals surface area contributed by atoms with Crippen molar-refractivity contribution in [1.82, 2.24) is 4.98 Å². The number of benzene rings is 2. The van der Waals surface area contributed by atoms with Crippen molar-refractivity contribution >= 4 is 21.8 Å². The minimum atomic E-state index is -0.871. The average Bonchev–Trinajstić information content (AvgIpc) is 2.41. The number of para-hydroxylation sites is 1. The molecule has 4 heteroatoms. The maximum absolute atomic E-state index is 13.7. The number of nitrogens with zero attached hydrogens (tertiary/aromatic N) is 1. The van der Waals surface area contributed by atoms with E-state index < -0.39 is 11.6 Å². The predicted octanol–water partition coefficient (Wildman–Crippen LogP) is 3.67. The van der Waals surface area contributed by atoms with Crippen LogP contribution >= 0.6 is 0 Å². The highest BCUT2D eigenvalue weighted by atomic mass is 19.2. The van der Waals surface area contributed by atoms with Gasteiger partial charge in [0.25, 0.3) is 0 Å². The number of hydrogen-bond acceptors (Lipinski definition) is 2. The van der Waals surface area contributed by atoms with E-state index in [-0.39, 0.29) is 5.39 Å². The van der Waals surface area contributed by atoms with E-state index >= 15 is 0 Å². The van der Waals surface area contributed by atoms with Crippen molar-refractivity contribution in [2.24, 2.45) is 0 Å². The molecular weight excluding hydrogens is 236 g/mol. The molecule has 0 spiro atoms. The summed E-state index contributed by atoms with van der Waals surface area (Å²) in [4.78, 5) is 4.32. The molecule has 18 heavy (non-hydrogen) atoms. The first-order valence-electron chi connectivity index (χ1n) is 5.42. The van der Waals surface area contributed by atoms with Gasteiger partial charge < -0.3 is 4.74 Å². The molecular formula is C14H9F2NO. The van der Waals surface area contributed by atoms with Gasteiger partial charge in [-0.2, -0.15) is 0 Å². The van der Waals surface area contributed by atoms with Crippen molar-refractivity contribution in [3.63, 3.8) is 0 Å². The quantitative estimate of drug-likeness (QED) is 0.610. The molecule has 0 aliphatic rings. The Morgan fingerprint density at radius 3 is 2.72 bits per heavy atom. The van der Waals surface area contributed by atoms with Gasteiger partial charge in [0.1, 0.15) is 11.3 Å². The van der Waals surface area contributed by atoms with Gasteiger partial charge in [-0.25, -0.2) is 13.8 Å². The first-order valence-corrected chi connectivity index (χ1v) is 5.42. The van der Waals surface area contributed by atoms with E-state index in [1.54, 1.807) is 31.4 Å². The summed E-state index contributed by atoms with van der Waals surface area (Å²) in [7, 11) is 1.55. The third-order valence-corrected chi connectivity index (χ3v) is 2.89. The monoisotopic (exact) mass is 245 g/mol. The summed E-state index contributed by atoms with van der Waals surface area (Å²) in [6.45, 7) is 0. The maximum Gasteiger partial charge on any atom is 0.168 e. The van der Waals surface area contributed by atoms with Gasteiger partial charge in [0.2, 0.25) is 0 Å². The van der Waals surface area contributed by atoms with Crippen LogP contribution in [-0.4, -0.2) is 12.1 Å². The van der Waals surface area contributed by atoms with Gasteiger partial charge in [-0.3, -0.25) is 0 Å². The van der Waals surface area contributed by atoms with Gasteiger partial charge in [-0.1, -0.05) is 12.1 Å². The number of methoxy groups -OCH3 is 1. The number of rotatable bonds is 1. The second-order valence-electron chi connectivity index (χ2n) is 3.95. The molecule has 0 fully saturated rings. The summed E-state index contributed by atoms with van der Waals surface area (Å²) >= 11 is 0. The third kappa shape index (κ3) is 1.49. The van der Waals surface area contributed by atoms with Gasteiger partial charge in [0, 0.05) is 10.8 Å². The molecule has 0 unspecified atom stereocenters. The summed E-state index contributed by atoms with van der Waals surface area (Å²) in [5.41, 5.74) is 1.05. The van der Waals surface area contributed by atoms with Crippen LogP contribution in [-0.2, 0) is 0 Å². The minimum absolute atomic E-state index is 0.177. The largest absolute Gasteiger partial charge is 0.494 e. The highest BCUT2D eigenvalue weighted by Gasteiger charge is 2.10. The molecule has 2 nitrogen and oxygen atoms in total. The van der Waals surface area contributed by atoms with Crippen LogP contribution in [0, 0.1) is 11.6 Å². The summed E-state index contributed by atoms with van der Waals surface area (Å²) in [5.74, 6) is -1.13. The molecule has 0 radical (unpaired) electrons. The summed E-state index contributed by atoms with van der Waals surface area (Å²) < 4.78 is 32.0.